The zero-order valence-corrected chi connectivity index (χ0v) is 16.2. The van der Waals surface area contributed by atoms with E-state index in [0.29, 0.717) is 17.4 Å². The van der Waals surface area contributed by atoms with Crippen molar-refractivity contribution in [3.8, 4) is 11.6 Å². The van der Waals surface area contributed by atoms with Crippen LogP contribution in [0.3, 0.4) is 0 Å². The summed E-state index contributed by atoms with van der Waals surface area (Å²) in [5.41, 5.74) is 6.97. The lowest BCUT2D eigenvalue weighted by molar-refractivity contribution is 0.1000. The van der Waals surface area contributed by atoms with Crippen LogP contribution in [0.15, 0.2) is 42.6 Å². The van der Waals surface area contributed by atoms with Gasteiger partial charge >= 0.3 is 0 Å². The van der Waals surface area contributed by atoms with Crippen LogP contribution in [0.25, 0.3) is 0 Å². The molecule has 0 aliphatic carbocycles. The van der Waals surface area contributed by atoms with Crippen LogP contribution in [-0.2, 0) is 0 Å². The van der Waals surface area contributed by atoms with Gasteiger partial charge in [0.25, 0.3) is 0 Å². The smallest absolute Gasteiger partial charge is 0.250 e. The lowest BCUT2D eigenvalue weighted by Gasteiger charge is -2.33. The molecule has 0 spiro atoms. The third-order valence-corrected chi connectivity index (χ3v) is 5.12. The van der Waals surface area contributed by atoms with E-state index in [2.05, 4.69) is 35.9 Å². The van der Waals surface area contributed by atoms with Gasteiger partial charge in [-0.15, -0.1) is 0 Å². The number of carbonyl (C=O) groups is 1. The number of pyridine rings is 1. The van der Waals surface area contributed by atoms with Gasteiger partial charge in [-0.05, 0) is 68.0 Å². The monoisotopic (exact) mass is 367 g/mol. The van der Waals surface area contributed by atoms with Gasteiger partial charge in [0, 0.05) is 18.8 Å². The normalized spacial score (nSPS) is 17.8. The number of ether oxygens (including phenoxy) is 1. The van der Waals surface area contributed by atoms with Crippen molar-refractivity contribution in [2.24, 2.45) is 11.7 Å². The maximum absolute atomic E-state index is 11.1. The lowest BCUT2D eigenvalue weighted by atomic mass is 9.90. The fourth-order valence-corrected chi connectivity index (χ4v) is 3.49. The summed E-state index contributed by atoms with van der Waals surface area (Å²) in [4.78, 5) is 17.8. The van der Waals surface area contributed by atoms with Gasteiger partial charge in [-0.25, -0.2) is 4.98 Å². The number of hydrogen-bond donors (Lipinski definition) is 1. The Kier molecular flexibility index (Phi) is 6.45. The molecular weight excluding hydrogens is 338 g/mol. The molecule has 0 radical (unpaired) electrons. The molecule has 0 bridgehead atoms. The first-order valence-corrected chi connectivity index (χ1v) is 9.77. The second-order valence-electron chi connectivity index (χ2n) is 7.74. The van der Waals surface area contributed by atoms with Crippen molar-refractivity contribution in [3.05, 3.63) is 53.7 Å². The largest absolute Gasteiger partial charge is 0.439 e. The summed E-state index contributed by atoms with van der Waals surface area (Å²) in [6.45, 7) is 8.13. The second kappa shape index (κ2) is 9.00. The summed E-state index contributed by atoms with van der Waals surface area (Å²) < 4.78 is 5.77. The highest BCUT2D eigenvalue weighted by molar-refractivity contribution is 5.92. The predicted octanol–water partition coefficient (Wildman–Crippen LogP) is 4.20. The number of carbonyl (C=O) groups excluding carboxylic acids is 1. The highest BCUT2D eigenvalue weighted by Gasteiger charge is 2.21. The standard InChI is InChI=1S/C22H29N3O2/c1-16(2)11-13-25-12-3-4-19(15-25)17-5-8-20(9-6-17)27-21-10-7-18(14-24-21)22(23)26/h5-10,14,16,19H,3-4,11-13,15H2,1-2H3,(H2,23,26). The van der Waals surface area contributed by atoms with E-state index < -0.39 is 5.91 Å². The molecule has 2 aromatic rings. The molecule has 3 rings (SSSR count). The topological polar surface area (TPSA) is 68.5 Å². The SMILES string of the molecule is CC(C)CCN1CCCC(c2ccc(Oc3ccc(C(N)=O)cn3)cc2)C1. The molecule has 1 aliphatic rings. The van der Waals surface area contributed by atoms with E-state index in [-0.39, 0.29) is 0 Å². The molecule has 0 saturated carbocycles. The van der Waals surface area contributed by atoms with Crippen molar-refractivity contribution in [1.29, 1.82) is 0 Å². The molecule has 5 heteroatoms. The molecule has 1 saturated heterocycles. The molecule has 2 N–H and O–H groups in total. The molecule has 27 heavy (non-hydrogen) atoms. The van der Waals surface area contributed by atoms with E-state index >= 15 is 0 Å². The first-order valence-electron chi connectivity index (χ1n) is 9.77. The number of piperidine rings is 1. The summed E-state index contributed by atoms with van der Waals surface area (Å²) in [6, 6.07) is 11.6. The number of benzene rings is 1. The van der Waals surface area contributed by atoms with Crippen LogP contribution in [0.4, 0.5) is 0 Å². The Labute approximate surface area is 161 Å². The molecule has 5 nitrogen and oxygen atoms in total. The molecular formula is C22H29N3O2. The Morgan fingerprint density at radius 3 is 2.67 bits per heavy atom. The fourth-order valence-electron chi connectivity index (χ4n) is 3.49. The molecule has 1 aromatic heterocycles. The third-order valence-electron chi connectivity index (χ3n) is 5.12. The van der Waals surface area contributed by atoms with Crippen LogP contribution in [0, 0.1) is 5.92 Å². The number of nitrogens with zero attached hydrogens (tertiary/aromatic N) is 2. The van der Waals surface area contributed by atoms with Gasteiger partial charge in [-0.3, -0.25) is 4.79 Å². The van der Waals surface area contributed by atoms with Gasteiger partial charge in [0.1, 0.15) is 5.75 Å². The average Bonchev–Trinajstić information content (AvgIpc) is 2.67. The summed E-state index contributed by atoms with van der Waals surface area (Å²) >= 11 is 0. The van der Waals surface area contributed by atoms with Crippen LogP contribution in [0.5, 0.6) is 11.6 Å². The van der Waals surface area contributed by atoms with Gasteiger partial charge in [-0.1, -0.05) is 26.0 Å². The third kappa shape index (κ3) is 5.54. The Balaban J connectivity index is 1.58. The number of nitrogens with two attached hydrogens (primary N) is 1. The Morgan fingerprint density at radius 2 is 2.04 bits per heavy atom. The van der Waals surface area contributed by atoms with E-state index in [0.717, 1.165) is 18.2 Å². The van der Waals surface area contributed by atoms with Crippen LogP contribution >= 0.6 is 0 Å². The first-order chi connectivity index (χ1) is 13.0. The maximum Gasteiger partial charge on any atom is 0.250 e. The van der Waals surface area contributed by atoms with Crippen LogP contribution < -0.4 is 10.5 Å². The van der Waals surface area contributed by atoms with Gasteiger partial charge in [-0.2, -0.15) is 0 Å². The van der Waals surface area contributed by atoms with E-state index in [4.69, 9.17) is 10.5 Å². The summed E-state index contributed by atoms with van der Waals surface area (Å²) in [5, 5.41) is 0. The number of aromatic nitrogens is 1. The number of amides is 1. The molecule has 1 unspecified atom stereocenters. The zero-order valence-electron chi connectivity index (χ0n) is 16.2. The molecule has 1 aliphatic heterocycles. The first kappa shape index (κ1) is 19.4. The quantitative estimate of drug-likeness (QED) is 0.796. The van der Waals surface area contributed by atoms with Crippen LogP contribution in [-0.4, -0.2) is 35.4 Å². The van der Waals surface area contributed by atoms with Gasteiger partial charge in [0.05, 0.1) is 5.56 Å². The molecule has 1 fully saturated rings. The minimum Gasteiger partial charge on any atom is -0.439 e. The molecule has 1 aromatic carbocycles. The van der Waals surface area contributed by atoms with Crippen molar-refractivity contribution >= 4 is 5.91 Å². The van der Waals surface area contributed by atoms with Gasteiger partial charge in [0.15, 0.2) is 0 Å². The maximum atomic E-state index is 11.1. The second-order valence-corrected chi connectivity index (χ2v) is 7.74. The van der Waals surface area contributed by atoms with E-state index in [9.17, 15) is 4.79 Å². The van der Waals surface area contributed by atoms with Crippen molar-refractivity contribution < 1.29 is 9.53 Å². The molecule has 2 heterocycles. The van der Waals surface area contributed by atoms with Gasteiger partial charge < -0.3 is 15.4 Å². The number of hydrogen-bond acceptors (Lipinski definition) is 4. The minimum atomic E-state index is -0.492. The minimum absolute atomic E-state index is 0.372. The Bertz CT molecular complexity index is 741. The predicted molar refractivity (Wildman–Crippen MR) is 107 cm³/mol. The van der Waals surface area contributed by atoms with Crippen molar-refractivity contribution in [2.75, 3.05) is 19.6 Å². The molecule has 144 valence electrons. The number of likely N-dealkylation sites (tertiary alicyclic amines) is 1. The lowest BCUT2D eigenvalue weighted by Crippen LogP contribution is -2.35. The van der Waals surface area contributed by atoms with E-state index in [1.807, 2.05) is 12.1 Å². The van der Waals surface area contributed by atoms with E-state index in [1.165, 1.54) is 44.1 Å². The summed E-state index contributed by atoms with van der Waals surface area (Å²) in [5.74, 6) is 2.05. The van der Waals surface area contributed by atoms with Crippen molar-refractivity contribution in [2.45, 2.75) is 39.0 Å². The Hall–Kier alpha value is -2.40. The number of rotatable bonds is 7. The zero-order chi connectivity index (χ0) is 19.2. The van der Waals surface area contributed by atoms with E-state index in [1.54, 1.807) is 12.1 Å². The number of primary amides is 1. The van der Waals surface area contributed by atoms with Gasteiger partial charge in [0.2, 0.25) is 11.8 Å². The van der Waals surface area contributed by atoms with Crippen LogP contribution in [0.1, 0.15) is 54.9 Å². The molecule has 1 atom stereocenters. The Morgan fingerprint density at radius 1 is 1.26 bits per heavy atom. The fraction of sp³-hybridized carbons (Fsp3) is 0.455. The van der Waals surface area contributed by atoms with Crippen molar-refractivity contribution in [3.63, 3.8) is 0 Å². The van der Waals surface area contributed by atoms with Crippen LogP contribution in [0.2, 0.25) is 0 Å². The summed E-state index contributed by atoms with van der Waals surface area (Å²) in [6.07, 6.45) is 5.20. The highest BCUT2D eigenvalue weighted by Crippen LogP contribution is 2.29. The highest BCUT2D eigenvalue weighted by atomic mass is 16.5. The molecule has 1 amide bonds. The van der Waals surface area contributed by atoms with Crippen molar-refractivity contribution in [1.82, 2.24) is 9.88 Å². The average molecular weight is 367 g/mol. The summed E-state index contributed by atoms with van der Waals surface area (Å²) in [7, 11) is 0.